The molecule has 3 rings (SSSR count). The summed E-state index contributed by atoms with van der Waals surface area (Å²) in [7, 11) is 0. The minimum atomic E-state index is -0.986. The summed E-state index contributed by atoms with van der Waals surface area (Å²) < 4.78 is 28.2. The van der Waals surface area contributed by atoms with E-state index in [-0.39, 0.29) is 25.1 Å². The van der Waals surface area contributed by atoms with Crippen molar-refractivity contribution in [3.05, 3.63) is 86.3 Å². The van der Waals surface area contributed by atoms with Crippen molar-refractivity contribution >= 4 is 11.6 Å². The Morgan fingerprint density at radius 2 is 1.93 bits per heavy atom. The molecule has 0 atom stereocenters. The van der Waals surface area contributed by atoms with Crippen LogP contribution < -0.4 is 5.56 Å². The molecule has 7 heteroatoms. The second-order valence-corrected chi connectivity index (χ2v) is 6.56. The van der Waals surface area contributed by atoms with Crippen LogP contribution in [0.25, 0.3) is 11.4 Å². The van der Waals surface area contributed by atoms with Crippen LogP contribution in [0.5, 0.6) is 0 Å². The molecule has 140 valence electrons. The Morgan fingerprint density at radius 1 is 1.15 bits per heavy atom. The van der Waals surface area contributed by atoms with E-state index in [4.69, 9.17) is 11.6 Å². The van der Waals surface area contributed by atoms with Crippen molar-refractivity contribution in [3.63, 3.8) is 0 Å². The highest BCUT2D eigenvalue weighted by Gasteiger charge is 2.16. The molecule has 0 amide bonds. The zero-order valence-corrected chi connectivity index (χ0v) is 15.3. The summed E-state index contributed by atoms with van der Waals surface area (Å²) in [6.07, 6.45) is 0.158. The number of aliphatic hydroxyl groups is 1. The normalized spacial score (nSPS) is 11.0. The molecule has 0 aliphatic heterocycles. The number of nitrogens with zero attached hydrogens (tertiary/aromatic N) is 2. The largest absolute Gasteiger partial charge is 0.396 e. The van der Waals surface area contributed by atoms with E-state index in [0.717, 1.165) is 12.1 Å². The molecule has 0 fully saturated rings. The molecule has 4 nitrogen and oxygen atoms in total. The van der Waals surface area contributed by atoms with Crippen LogP contribution >= 0.6 is 11.6 Å². The minimum Gasteiger partial charge on any atom is -0.396 e. The molecule has 0 aliphatic carbocycles. The molecule has 0 saturated heterocycles. The van der Waals surface area contributed by atoms with E-state index in [1.165, 1.54) is 10.6 Å². The molecule has 0 aliphatic rings. The molecule has 0 unspecified atom stereocenters. The van der Waals surface area contributed by atoms with Gasteiger partial charge in [0.2, 0.25) is 0 Å². The summed E-state index contributed by atoms with van der Waals surface area (Å²) in [5.41, 5.74) is 1.59. The van der Waals surface area contributed by atoms with Gasteiger partial charge in [0.1, 0.15) is 5.82 Å². The highest BCUT2D eigenvalue weighted by atomic mass is 35.5. The Labute approximate surface area is 159 Å². The van der Waals surface area contributed by atoms with Crippen LogP contribution in [-0.2, 0) is 13.0 Å². The van der Waals surface area contributed by atoms with Gasteiger partial charge in [-0.3, -0.25) is 9.36 Å². The molecular weight excluding hydrogens is 374 g/mol. The highest BCUT2D eigenvalue weighted by Crippen LogP contribution is 2.22. The number of aryl methyl sites for hydroxylation is 1. The number of hydrogen-bond donors (Lipinski definition) is 1. The quantitative estimate of drug-likeness (QED) is 0.722. The van der Waals surface area contributed by atoms with Crippen molar-refractivity contribution in [1.29, 1.82) is 0 Å². The molecule has 1 heterocycles. The lowest BCUT2D eigenvalue weighted by molar-refractivity contribution is 0.298. The number of hydrogen-bond acceptors (Lipinski definition) is 3. The van der Waals surface area contributed by atoms with E-state index in [2.05, 4.69) is 4.98 Å². The third kappa shape index (κ3) is 4.07. The first-order valence-electron chi connectivity index (χ1n) is 8.31. The summed E-state index contributed by atoms with van der Waals surface area (Å²) in [4.78, 5) is 17.6. The van der Waals surface area contributed by atoms with E-state index >= 15 is 0 Å². The first kappa shape index (κ1) is 19.2. The molecule has 0 bridgehead atoms. The average Bonchev–Trinajstić information content (AvgIpc) is 2.63. The molecular formula is C20H17ClF2N2O2. The summed E-state index contributed by atoms with van der Waals surface area (Å²) in [5.74, 6) is -1.57. The standard InChI is InChI=1S/C20H17ClF2N2O2/c1-12-16(7-8-26)20(27)25(11-13-5-6-17(22)18(23)9-13)19(24-12)14-3-2-4-15(21)10-14/h2-6,9-10,26H,7-8,11H2,1H3. The van der Waals surface area contributed by atoms with Gasteiger partial charge in [-0.25, -0.2) is 13.8 Å². The average molecular weight is 391 g/mol. The second-order valence-electron chi connectivity index (χ2n) is 6.12. The van der Waals surface area contributed by atoms with Gasteiger partial charge in [-0.2, -0.15) is 0 Å². The van der Waals surface area contributed by atoms with Crippen molar-refractivity contribution in [2.45, 2.75) is 19.9 Å². The first-order valence-corrected chi connectivity index (χ1v) is 8.69. The fourth-order valence-electron chi connectivity index (χ4n) is 2.92. The van der Waals surface area contributed by atoms with Gasteiger partial charge in [0.05, 0.1) is 6.54 Å². The van der Waals surface area contributed by atoms with Gasteiger partial charge in [0, 0.05) is 34.9 Å². The summed E-state index contributed by atoms with van der Waals surface area (Å²) in [6, 6.07) is 10.4. The molecule has 2 aromatic carbocycles. The SMILES string of the molecule is Cc1nc(-c2cccc(Cl)c2)n(Cc2ccc(F)c(F)c2)c(=O)c1CCO. The number of benzene rings is 2. The monoisotopic (exact) mass is 390 g/mol. The number of halogens is 3. The Kier molecular flexibility index (Phi) is 5.68. The number of aromatic nitrogens is 2. The molecule has 3 aromatic rings. The fourth-order valence-corrected chi connectivity index (χ4v) is 3.11. The highest BCUT2D eigenvalue weighted by molar-refractivity contribution is 6.30. The van der Waals surface area contributed by atoms with E-state index in [0.29, 0.717) is 33.2 Å². The van der Waals surface area contributed by atoms with E-state index in [1.807, 2.05) is 0 Å². The lowest BCUT2D eigenvalue weighted by Crippen LogP contribution is -2.29. The molecule has 1 N–H and O–H groups in total. The van der Waals surface area contributed by atoms with Crippen molar-refractivity contribution in [2.24, 2.45) is 0 Å². The van der Waals surface area contributed by atoms with Crippen LogP contribution in [0.15, 0.2) is 47.3 Å². The van der Waals surface area contributed by atoms with Crippen molar-refractivity contribution < 1.29 is 13.9 Å². The van der Waals surface area contributed by atoms with E-state index in [9.17, 15) is 18.7 Å². The lowest BCUT2D eigenvalue weighted by Gasteiger charge is -2.16. The van der Waals surface area contributed by atoms with Crippen molar-refractivity contribution in [2.75, 3.05) is 6.61 Å². The Morgan fingerprint density at radius 3 is 2.59 bits per heavy atom. The van der Waals surface area contributed by atoms with E-state index in [1.54, 1.807) is 31.2 Å². The Bertz CT molecular complexity index is 1050. The van der Waals surface area contributed by atoms with Gasteiger partial charge in [0.25, 0.3) is 5.56 Å². The zero-order valence-electron chi connectivity index (χ0n) is 14.5. The van der Waals surface area contributed by atoms with Gasteiger partial charge in [0.15, 0.2) is 11.6 Å². The van der Waals surface area contributed by atoms with Crippen molar-refractivity contribution in [1.82, 2.24) is 9.55 Å². The lowest BCUT2D eigenvalue weighted by atomic mass is 10.1. The maximum Gasteiger partial charge on any atom is 0.257 e. The summed E-state index contributed by atoms with van der Waals surface area (Å²) >= 11 is 6.07. The maximum absolute atomic E-state index is 13.6. The first-order chi connectivity index (χ1) is 12.9. The van der Waals surface area contributed by atoms with Crippen LogP contribution in [0.4, 0.5) is 8.78 Å². The third-order valence-electron chi connectivity index (χ3n) is 4.24. The summed E-state index contributed by atoms with van der Waals surface area (Å²) in [5, 5.41) is 9.74. The predicted molar refractivity (Wildman–Crippen MR) is 99.9 cm³/mol. The second kappa shape index (κ2) is 7.98. The van der Waals surface area contributed by atoms with Gasteiger partial charge < -0.3 is 5.11 Å². The van der Waals surface area contributed by atoms with Gasteiger partial charge in [-0.15, -0.1) is 0 Å². The van der Waals surface area contributed by atoms with Crippen LogP contribution in [0, 0.1) is 18.6 Å². The third-order valence-corrected chi connectivity index (χ3v) is 4.47. The van der Waals surface area contributed by atoms with Crippen LogP contribution in [-0.4, -0.2) is 21.3 Å². The number of rotatable bonds is 5. The van der Waals surface area contributed by atoms with Gasteiger partial charge in [-0.1, -0.05) is 29.8 Å². The molecule has 0 saturated carbocycles. The molecule has 27 heavy (non-hydrogen) atoms. The van der Waals surface area contributed by atoms with Crippen LogP contribution in [0.1, 0.15) is 16.8 Å². The maximum atomic E-state index is 13.6. The van der Waals surface area contributed by atoms with E-state index < -0.39 is 11.6 Å². The van der Waals surface area contributed by atoms with Crippen LogP contribution in [0.2, 0.25) is 5.02 Å². The molecule has 0 radical (unpaired) electrons. The minimum absolute atomic E-state index is 0.00356. The number of aliphatic hydroxyl groups excluding tert-OH is 1. The van der Waals surface area contributed by atoms with Gasteiger partial charge in [-0.05, 0) is 36.8 Å². The Hall–Kier alpha value is -2.57. The molecule has 0 spiro atoms. The van der Waals surface area contributed by atoms with Gasteiger partial charge >= 0.3 is 0 Å². The topological polar surface area (TPSA) is 55.1 Å². The summed E-state index contributed by atoms with van der Waals surface area (Å²) in [6.45, 7) is 1.51. The predicted octanol–water partition coefficient (Wildman–Crippen LogP) is 3.73. The van der Waals surface area contributed by atoms with Crippen molar-refractivity contribution in [3.8, 4) is 11.4 Å². The van der Waals surface area contributed by atoms with Crippen LogP contribution in [0.3, 0.4) is 0 Å². The Balaban J connectivity index is 2.20. The zero-order chi connectivity index (χ0) is 19.6. The molecule has 1 aromatic heterocycles. The smallest absolute Gasteiger partial charge is 0.257 e. The fraction of sp³-hybridized carbons (Fsp3) is 0.200.